The molecule has 0 fully saturated rings. The lowest BCUT2D eigenvalue weighted by Crippen LogP contribution is -2.25. The average Bonchev–Trinajstić information content (AvgIpc) is 2.26. The van der Waals surface area contributed by atoms with Gasteiger partial charge in [-0.2, -0.15) is 0 Å². The Labute approximate surface area is 113 Å². The number of hydrogen-bond acceptors (Lipinski definition) is 4. The van der Waals surface area contributed by atoms with E-state index in [-0.39, 0.29) is 11.4 Å². The van der Waals surface area contributed by atoms with Crippen LogP contribution in [-0.4, -0.2) is 19.9 Å². The zero-order valence-electron chi connectivity index (χ0n) is 9.51. The Morgan fingerprint density at radius 1 is 1.56 bits per heavy atom. The van der Waals surface area contributed by atoms with E-state index in [0.29, 0.717) is 10.0 Å². The van der Waals surface area contributed by atoms with Crippen molar-refractivity contribution in [1.82, 2.24) is 4.72 Å². The molecule has 0 aliphatic rings. The minimum absolute atomic E-state index is 0.0337. The first-order chi connectivity index (χ1) is 8.24. The van der Waals surface area contributed by atoms with E-state index in [9.17, 15) is 18.5 Å². The van der Waals surface area contributed by atoms with Crippen LogP contribution >= 0.6 is 15.9 Å². The van der Waals surface area contributed by atoms with Gasteiger partial charge < -0.3 is 0 Å². The number of nitro benzene ring substituents is 1. The molecule has 1 N–H and O–H groups in total. The number of rotatable bonds is 5. The molecule has 0 unspecified atom stereocenters. The molecule has 0 spiro atoms. The average molecular weight is 335 g/mol. The van der Waals surface area contributed by atoms with Crippen LogP contribution in [0.1, 0.15) is 6.92 Å². The largest absolute Gasteiger partial charge is 0.289 e. The fraction of sp³-hybridized carbons (Fsp3) is 0.200. The molecule has 0 bridgehead atoms. The first-order valence-electron chi connectivity index (χ1n) is 4.82. The Morgan fingerprint density at radius 3 is 2.67 bits per heavy atom. The third kappa shape index (κ3) is 3.62. The van der Waals surface area contributed by atoms with Gasteiger partial charge in [0, 0.05) is 17.1 Å². The number of hydrogen-bond donors (Lipinski definition) is 1. The smallest absolute Gasteiger partial charge is 0.258 e. The molecule has 98 valence electrons. The third-order valence-electron chi connectivity index (χ3n) is 1.97. The second-order valence-corrected chi connectivity index (χ2v) is 6.30. The predicted molar refractivity (Wildman–Crippen MR) is 70.8 cm³/mol. The van der Waals surface area contributed by atoms with E-state index < -0.39 is 20.6 Å². The number of halogens is 1. The maximum Gasteiger partial charge on any atom is 0.289 e. The van der Waals surface area contributed by atoms with Crippen molar-refractivity contribution in [3.05, 3.63) is 44.9 Å². The first kappa shape index (κ1) is 14.8. The first-order valence-corrected chi connectivity index (χ1v) is 7.09. The monoisotopic (exact) mass is 334 g/mol. The third-order valence-corrected chi connectivity index (χ3v) is 3.90. The standard InChI is InChI=1S/C10H11BrN2O4S/c1-7(2)6-12-18(16,17)10-5-8(11)3-4-9(10)13(14)15/h3-5,12H,1,6H2,2H3. The molecular weight excluding hydrogens is 324 g/mol. The highest BCUT2D eigenvalue weighted by Gasteiger charge is 2.25. The summed E-state index contributed by atoms with van der Waals surface area (Å²) in [6, 6.07) is 3.74. The number of benzene rings is 1. The van der Waals surface area contributed by atoms with Crippen LogP contribution < -0.4 is 4.72 Å². The van der Waals surface area contributed by atoms with Gasteiger partial charge in [0.15, 0.2) is 4.90 Å². The van der Waals surface area contributed by atoms with E-state index in [0.717, 1.165) is 6.07 Å². The summed E-state index contributed by atoms with van der Waals surface area (Å²) in [6.07, 6.45) is 0. The summed E-state index contributed by atoms with van der Waals surface area (Å²) in [7, 11) is -3.94. The van der Waals surface area contributed by atoms with Crippen molar-refractivity contribution >= 4 is 31.6 Å². The van der Waals surface area contributed by atoms with Crippen LogP contribution in [0.15, 0.2) is 39.7 Å². The quantitative estimate of drug-likeness (QED) is 0.507. The van der Waals surface area contributed by atoms with Gasteiger partial charge in [-0.05, 0) is 19.1 Å². The Morgan fingerprint density at radius 2 is 2.17 bits per heavy atom. The summed E-state index contributed by atoms with van der Waals surface area (Å²) in [6.45, 7) is 5.24. The molecule has 0 radical (unpaired) electrons. The second-order valence-electron chi connectivity index (χ2n) is 3.65. The summed E-state index contributed by atoms with van der Waals surface area (Å²) >= 11 is 3.09. The minimum atomic E-state index is -3.94. The number of nitrogens with one attached hydrogen (secondary N) is 1. The number of sulfonamides is 1. The molecule has 18 heavy (non-hydrogen) atoms. The van der Waals surface area contributed by atoms with Crippen LogP contribution in [0.25, 0.3) is 0 Å². The highest BCUT2D eigenvalue weighted by atomic mass is 79.9. The number of nitrogens with zero attached hydrogens (tertiary/aromatic N) is 1. The summed E-state index contributed by atoms with van der Waals surface area (Å²) in [5, 5.41) is 10.8. The van der Waals surface area contributed by atoms with Crippen molar-refractivity contribution in [3.63, 3.8) is 0 Å². The van der Waals surface area contributed by atoms with Crippen LogP contribution in [0.2, 0.25) is 0 Å². The van der Waals surface area contributed by atoms with Gasteiger partial charge in [0.25, 0.3) is 5.69 Å². The molecule has 0 saturated heterocycles. The molecule has 0 aliphatic heterocycles. The van der Waals surface area contributed by atoms with E-state index in [2.05, 4.69) is 27.2 Å². The van der Waals surface area contributed by atoms with Crippen molar-refractivity contribution in [1.29, 1.82) is 0 Å². The van der Waals surface area contributed by atoms with Gasteiger partial charge in [-0.15, -0.1) is 0 Å². The second kappa shape index (κ2) is 5.59. The Balaban J connectivity index is 3.26. The van der Waals surface area contributed by atoms with Gasteiger partial charge >= 0.3 is 0 Å². The molecule has 8 heteroatoms. The molecule has 0 atom stereocenters. The van der Waals surface area contributed by atoms with Gasteiger partial charge in [-0.1, -0.05) is 28.1 Å². The Kier molecular flexibility index (Phi) is 4.60. The van der Waals surface area contributed by atoms with Crippen molar-refractivity contribution < 1.29 is 13.3 Å². The minimum Gasteiger partial charge on any atom is -0.258 e. The lowest BCUT2D eigenvalue weighted by atomic mass is 10.3. The van der Waals surface area contributed by atoms with Crippen LogP contribution in [0.5, 0.6) is 0 Å². The highest BCUT2D eigenvalue weighted by molar-refractivity contribution is 9.10. The van der Waals surface area contributed by atoms with Crippen LogP contribution in [0.4, 0.5) is 5.69 Å². The lowest BCUT2D eigenvalue weighted by Gasteiger charge is -2.07. The predicted octanol–water partition coefficient (Wildman–Crippen LogP) is 2.21. The summed E-state index contributed by atoms with van der Waals surface area (Å²) in [5.41, 5.74) is 0.142. The molecule has 0 aliphatic carbocycles. The van der Waals surface area contributed by atoms with Crippen LogP contribution in [0.3, 0.4) is 0 Å². The topological polar surface area (TPSA) is 89.3 Å². The van der Waals surface area contributed by atoms with Gasteiger partial charge in [0.05, 0.1) is 4.92 Å². The maximum absolute atomic E-state index is 11.9. The highest BCUT2D eigenvalue weighted by Crippen LogP contribution is 2.26. The molecule has 1 aromatic carbocycles. The molecule has 0 heterocycles. The van der Waals surface area contributed by atoms with Crippen molar-refractivity contribution in [2.45, 2.75) is 11.8 Å². The van der Waals surface area contributed by atoms with E-state index in [1.807, 2.05) is 0 Å². The van der Waals surface area contributed by atoms with Crippen molar-refractivity contribution in [2.24, 2.45) is 0 Å². The fourth-order valence-electron chi connectivity index (χ4n) is 1.15. The Bertz CT molecular complexity index is 598. The van der Waals surface area contributed by atoms with Gasteiger partial charge in [0.1, 0.15) is 0 Å². The zero-order valence-corrected chi connectivity index (χ0v) is 11.9. The Hall–Kier alpha value is -1.25. The summed E-state index contributed by atoms with van der Waals surface area (Å²) < 4.78 is 26.6. The van der Waals surface area contributed by atoms with Crippen LogP contribution in [-0.2, 0) is 10.0 Å². The molecule has 0 amide bonds. The summed E-state index contributed by atoms with van der Waals surface area (Å²) in [5.74, 6) is 0. The normalized spacial score (nSPS) is 11.2. The molecule has 6 nitrogen and oxygen atoms in total. The molecule has 1 rings (SSSR count). The van der Waals surface area contributed by atoms with Gasteiger partial charge in [0.2, 0.25) is 10.0 Å². The fourth-order valence-corrected chi connectivity index (χ4v) is 2.95. The van der Waals surface area contributed by atoms with E-state index in [4.69, 9.17) is 0 Å². The summed E-state index contributed by atoms with van der Waals surface area (Å²) in [4.78, 5) is 9.69. The van der Waals surface area contributed by atoms with Crippen molar-refractivity contribution in [3.8, 4) is 0 Å². The molecule has 0 aromatic heterocycles. The lowest BCUT2D eigenvalue weighted by molar-refractivity contribution is -0.387. The molecule has 0 saturated carbocycles. The van der Waals surface area contributed by atoms with Crippen molar-refractivity contribution in [2.75, 3.05) is 6.54 Å². The number of nitro groups is 1. The van der Waals surface area contributed by atoms with Crippen LogP contribution in [0, 0.1) is 10.1 Å². The van der Waals surface area contributed by atoms with E-state index in [1.54, 1.807) is 6.92 Å². The molecular formula is C10H11BrN2O4S. The SMILES string of the molecule is C=C(C)CNS(=O)(=O)c1cc(Br)ccc1[N+](=O)[O-]. The zero-order chi connectivity index (χ0) is 13.9. The maximum atomic E-state index is 11.9. The molecule has 1 aromatic rings. The van der Waals surface area contributed by atoms with E-state index >= 15 is 0 Å². The van der Waals surface area contributed by atoms with Gasteiger partial charge in [-0.25, -0.2) is 13.1 Å². The van der Waals surface area contributed by atoms with E-state index in [1.165, 1.54) is 12.1 Å². The van der Waals surface area contributed by atoms with Gasteiger partial charge in [-0.3, -0.25) is 10.1 Å².